The van der Waals surface area contributed by atoms with Gasteiger partial charge in [0.2, 0.25) is 0 Å². The van der Waals surface area contributed by atoms with Crippen LogP contribution in [0.15, 0.2) is 0 Å². The van der Waals surface area contributed by atoms with Crippen molar-refractivity contribution in [1.82, 2.24) is 4.90 Å². The van der Waals surface area contributed by atoms with Crippen molar-refractivity contribution >= 4 is 0 Å². The molecule has 2 rings (SSSR count). The number of hydrogen-bond acceptors (Lipinski definition) is 4. The van der Waals surface area contributed by atoms with Gasteiger partial charge in [0.1, 0.15) is 0 Å². The number of methoxy groups -OCH3 is 2. The number of nitrogens with two attached hydrogens (primary N) is 1. The maximum absolute atomic E-state index is 6.11. The van der Waals surface area contributed by atoms with Crippen molar-refractivity contribution in [2.75, 3.05) is 40.5 Å². The van der Waals surface area contributed by atoms with Crippen molar-refractivity contribution in [3.63, 3.8) is 0 Å². The van der Waals surface area contributed by atoms with Gasteiger partial charge in [-0.15, -0.1) is 0 Å². The number of hydrogen-bond donors (Lipinski definition) is 1. The lowest BCUT2D eigenvalue weighted by atomic mass is 9.91. The minimum Gasteiger partial charge on any atom is -0.383 e. The molecule has 0 amide bonds. The SMILES string of the molecule is COCCN(C1CC1)C(CN)(COC)C1CC1. The zero-order chi connectivity index (χ0) is 12.3. The van der Waals surface area contributed by atoms with Gasteiger partial charge >= 0.3 is 0 Å². The molecule has 2 aliphatic rings. The third-order valence-corrected chi connectivity index (χ3v) is 4.18. The van der Waals surface area contributed by atoms with E-state index in [0.29, 0.717) is 12.6 Å². The van der Waals surface area contributed by atoms with Crippen LogP contribution in [0.1, 0.15) is 25.7 Å². The van der Waals surface area contributed by atoms with Crippen molar-refractivity contribution in [2.24, 2.45) is 11.7 Å². The van der Waals surface area contributed by atoms with Crippen LogP contribution in [0.5, 0.6) is 0 Å². The third kappa shape index (κ3) is 2.81. The van der Waals surface area contributed by atoms with E-state index in [1.165, 1.54) is 25.7 Å². The van der Waals surface area contributed by atoms with Crippen molar-refractivity contribution in [2.45, 2.75) is 37.3 Å². The summed E-state index contributed by atoms with van der Waals surface area (Å²) < 4.78 is 10.7. The molecule has 0 bridgehead atoms. The van der Waals surface area contributed by atoms with Crippen molar-refractivity contribution < 1.29 is 9.47 Å². The first-order valence-electron chi connectivity index (χ1n) is 6.73. The molecular weight excluding hydrogens is 216 g/mol. The van der Waals surface area contributed by atoms with Crippen LogP contribution in [0.2, 0.25) is 0 Å². The van der Waals surface area contributed by atoms with Crippen LogP contribution in [-0.4, -0.2) is 57.0 Å². The fourth-order valence-corrected chi connectivity index (χ4v) is 2.99. The Labute approximate surface area is 104 Å². The number of ether oxygens (including phenoxy) is 2. The molecule has 0 aromatic heterocycles. The Morgan fingerprint density at radius 2 is 1.88 bits per heavy atom. The highest BCUT2D eigenvalue weighted by Crippen LogP contribution is 2.46. The van der Waals surface area contributed by atoms with Gasteiger partial charge in [-0.2, -0.15) is 0 Å². The molecule has 1 unspecified atom stereocenters. The highest BCUT2D eigenvalue weighted by Gasteiger charge is 2.52. The molecule has 0 radical (unpaired) electrons. The molecule has 4 heteroatoms. The summed E-state index contributed by atoms with van der Waals surface area (Å²) in [5, 5.41) is 0. The monoisotopic (exact) mass is 242 g/mol. The van der Waals surface area contributed by atoms with Gasteiger partial charge in [0.25, 0.3) is 0 Å². The lowest BCUT2D eigenvalue weighted by molar-refractivity contribution is -0.0180. The predicted octanol–water partition coefficient (Wildman–Crippen LogP) is 0.851. The molecule has 2 aliphatic carbocycles. The quantitative estimate of drug-likeness (QED) is 0.651. The van der Waals surface area contributed by atoms with Gasteiger partial charge in [-0.05, 0) is 31.6 Å². The fourth-order valence-electron chi connectivity index (χ4n) is 2.99. The summed E-state index contributed by atoms with van der Waals surface area (Å²) >= 11 is 0. The van der Waals surface area contributed by atoms with Crippen LogP contribution in [-0.2, 0) is 9.47 Å². The van der Waals surface area contributed by atoms with Crippen LogP contribution >= 0.6 is 0 Å². The molecular formula is C13H26N2O2. The van der Waals surface area contributed by atoms with Gasteiger partial charge in [-0.3, -0.25) is 4.90 Å². The standard InChI is InChI=1S/C13H26N2O2/c1-16-8-7-15(12-5-6-12)13(9-14,10-17-2)11-3-4-11/h11-12H,3-10,14H2,1-2H3. The van der Waals surface area contributed by atoms with Crippen molar-refractivity contribution in [1.29, 1.82) is 0 Å². The van der Waals surface area contributed by atoms with E-state index in [9.17, 15) is 0 Å². The van der Waals surface area contributed by atoms with E-state index < -0.39 is 0 Å². The van der Waals surface area contributed by atoms with Gasteiger partial charge in [0.15, 0.2) is 0 Å². The molecule has 0 saturated heterocycles. The van der Waals surface area contributed by atoms with E-state index in [1.54, 1.807) is 14.2 Å². The Balaban J connectivity index is 2.08. The minimum absolute atomic E-state index is 0.0639. The molecule has 0 spiro atoms. The van der Waals surface area contributed by atoms with Crippen LogP contribution in [0.4, 0.5) is 0 Å². The van der Waals surface area contributed by atoms with Crippen LogP contribution in [0.25, 0.3) is 0 Å². The molecule has 0 aromatic rings. The van der Waals surface area contributed by atoms with E-state index in [-0.39, 0.29) is 5.54 Å². The lowest BCUT2D eigenvalue weighted by Gasteiger charge is -2.44. The summed E-state index contributed by atoms with van der Waals surface area (Å²) in [5.41, 5.74) is 6.17. The Morgan fingerprint density at radius 3 is 2.29 bits per heavy atom. The zero-order valence-corrected chi connectivity index (χ0v) is 11.2. The maximum Gasteiger partial charge on any atom is 0.0661 e. The Kier molecular flexibility index (Phi) is 4.42. The average Bonchev–Trinajstić information content (AvgIpc) is 3.19. The predicted molar refractivity (Wildman–Crippen MR) is 68.0 cm³/mol. The van der Waals surface area contributed by atoms with Gasteiger partial charge in [0.05, 0.1) is 18.8 Å². The highest BCUT2D eigenvalue weighted by molar-refractivity contribution is 5.07. The van der Waals surface area contributed by atoms with Gasteiger partial charge < -0.3 is 15.2 Å². The second kappa shape index (κ2) is 5.65. The van der Waals surface area contributed by atoms with E-state index in [2.05, 4.69) is 4.90 Å². The van der Waals surface area contributed by atoms with Crippen LogP contribution in [0.3, 0.4) is 0 Å². The molecule has 17 heavy (non-hydrogen) atoms. The average molecular weight is 242 g/mol. The molecule has 2 N–H and O–H groups in total. The van der Waals surface area contributed by atoms with E-state index in [4.69, 9.17) is 15.2 Å². The molecule has 2 fully saturated rings. The first kappa shape index (κ1) is 13.3. The molecule has 1 atom stereocenters. The molecule has 100 valence electrons. The fraction of sp³-hybridized carbons (Fsp3) is 1.00. The summed E-state index contributed by atoms with van der Waals surface area (Å²) in [6, 6.07) is 0.712. The van der Waals surface area contributed by atoms with Gasteiger partial charge in [-0.25, -0.2) is 0 Å². The van der Waals surface area contributed by atoms with E-state index >= 15 is 0 Å². The number of rotatable bonds is 9. The molecule has 2 saturated carbocycles. The summed E-state index contributed by atoms with van der Waals surface area (Å²) in [6.07, 6.45) is 5.22. The van der Waals surface area contributed by atoms with Crippen molar-refractivity contribution in [3.8, 4) is 0 Å². The van der Waals surface area contributed by atoms with E-state index in [0.717, 1.165) is 25.7 Å². The third-order valence-electron chi connectivity index (χ3n) is 4.18. The number of nitrogens with zero attached hydrogens (tertiary/aromatic N) is 1. The summed E-state index contributed by atoms with van der Waals surface area (Å²) in [4.78, 5) is 2.58. The zero-order valence-electron chi connectivity index (χ0n) is 11.2. The smallest absolute Gasteiger partial charge is 0.0661 e. The van der Waals surface area contributed by atoms with E-state index in [1.807, 2.05) is 0 Å². The molecule has 0 heterocycles. The normalized spacial score (nSPS) is 24.0. The maximum atomic E-state index is 6.11. The summed E-state index contributed by atoms with van der Waals surface area (Å²) in [6.45, 7) is 3.23. The minimum atomic E-state index is 0.0639. The summed E-state index contributed by atoms with van der Waals surface area (Å²) in [7, 11) is 3.55. The topological polar surface area (TPSA) is 47.7 Å². The lowest BCUT2D eigenvalue weighted by Crippen LogP contribution is -2.60. The van der Waals surface area contributed by atoms with Crippen LogP contribution in [0, 0.1) is 5.92 Å². The molecule has 4 nitrogen and oxygen atoms in total. The first-order valence-corrected chi connectivity index (χ1v) is 6.73. The molecule has 0 aromatic carbocycles. The van der Waals surface area contributed by atoms with Crippen molar-refractivity contribution in [3.05, 3.63) is 0 Å². The Bertz CT molecular complexity index is 242. The Morgan fingerprint density at radius 1 is 1.18 bits per heavy atom. The van der Waals surface area contributed by atoms with Gasteiger partial charge in [0, 0.05) is 33.4 Å². The Hall–Kier alpha value is -0.160. The molecule has 0 aliphatic heterocycles. The highest BCUT2D eigenvalue weighted by atomic mass is 16.5. The van der Waals surface area contributed by atoms with Gasteiger partial charge in [-0.1, -0.05) is 0 Å². The summed E-state index contributed by atoms with van der Waals surface area (Å²) in [5.74, 6) is 0.727. The second-order valence-corrected chi connectivity index (χ2v) is 5.43. The second-order valence-electron chi connectivity index (χ2n) is 5.43. The van der Waals surface area contributed by atoms with Crippen LogP contribution < -0.4 is 5.73 Å². The first-order chi connectivity index (χ1) is 8.28. The largest absolute Gasteiger partial charge is 0.383 e.